The van der Waals surface area contributed by atoms with Crippen molar-refractivity contribution in [1.82, 2.24) is 0 Å². The van der Waals surface area contributed by atoms with E-state index in [1.807, 2.05) is 48.5 Å². The van der Waals surface area contributed by atoms with E-state index in [1.165, 1.54) is 0 Å². The van der Waals surface area contributed by atoms with Gasteiger partial charge in [-0.05, 0) is 43.7 Å². The maximum atomic E-state index is 12.1. The summed E-state index contributed by atoms with van der Waals surface area (Å²) >= 11 is 1.56. The van der Waals surface area contributed by atoms with Crippen molar-refractivity contribution in [2.45, 2.75) is 23.6 Å². The van der Waals surface area contributed by atoms with E-state index in [0.29, 0.717) is 16.9 Å². The van der Waals surface area contributed by atoms with Crippen LogP contribution in [0.2, 0.25) is 0 Å². The first-order chi connectivity index (χ1) is 11.4. The van der Waals surface area contributed by atoms with Gasteiger partial charge in [-0.15, -0.1) is 0 Å². The normalized spacial score (nSPS) is 14.4. The second-order valence-electron chi connectivity index (χ2n) is 5.32. The predicted octanol–water partition coefficient (Wildman–Crippen LogP) is 1.65. The average Bonchev–Trinajstić information content (AvgIpc) is 2.53. The fourth-order valence-corrected chi connectivity index (χ4v) is 4.67. The number of hydrogen-bond acceptors (Lipinski definition) is 5. The zero-order valence-electron chi connectivity index (χ0n) is 14.3. The molecule has 0 aromatic heterocycles. The van der Waals surface area contributed by atoms with Crippen LogP contribution in [0, 0.1) is 0 Å². The third-order valence-corrected chi connectivity index (χ3v) is 5.73. The Morgan fingerprint density at radius 1 is 1.04 bits per heavy atom. The first-order valence-electron chi connectivity index (χ1n) is 7.39. The zero-order chi connectivity index (χ0) is 17.3. The maximum Gasteiger partial charge on any atom is 1.00 e. The summed E-state index contributed by atoms with van der Waals surface area (Å²) in [5.41, 5.74) is 1.79. The smallest absolute Gasteiger partial charge is 0.743 e. The first-order valence-corrected chi connectivity index (χ1v) is 9.61. The van der Waals surface area contributed by atoms with Gasteiger partial charge in [-0.1, -0.05) is 48.2 Å². The van der Waals surface area contributed by atoms with Crippen LogP contribution in [-0.2, 0) is 10.1 Å². The molecule has 1 aliphatic rings. The summed E-state index contributed by atoms with van der Waals surface area (Å²) in [7, 11) is -4.68. The SMILES string of the molecule is C/C=C\C(C)=C(/N1c2ccccc2Sc2ccccc21)S(=O)(=O)[O-].[Na+]. The predicted molar refractivity (Wildman–Crippen MR) is 96.4 cm³/mol. The van der Waals surface area contributed by atoms with Gasteiger partial charge in [0.05, 0.1) is 11.4 Å². The van der Waals surface area contributed by atoms with Crippen molar-refractivity contribution >= 4 is 33.3 Å². The Balaban J connectivity index is 0.00000225. The molecule has 1 aliphatic heterocycles. The van der Waals surface area contributed by atoms with Crippen molar-refractivity contribution in [1.29, 1.82) is 0 Å². The van der Waals surface area contributed by atoms with Gasteiger partial charge in [0.25, 0.3) is 0 Å². The zero-order valence-corrected chi connectivity index (χ0v) is 17.9. The number of rotatable bonds is 3. The Labute approximate surface area is 174 Å². The van der Waals surface area contributed by atoms with E-state index in [0.717, 1.165) is 9.79 Å². The fraction of sp³-hybridized carbons (Fsp3) is 0.111. The van der Waals surface area contributed by atoms with E-state index < -0.39 is 10.1 Å². The molecule has 0 spiro atoms. The number of hydrogen-bond donors (Lipinski definition) is 0. The Morgan fingerprint density at radius 3 is 1.96 bits per heavy atom. The Morgan fingerprint density at radius 2 is 1.52 bits per heavy atom. The summed E-state index contributed by atoms with van der Waals surface area (Å²) in [5, 5.41) is -0.235. The van der Waals surface area contributed by atoms with Gasteiger partial charge in [-0.3, -0.25) is 4.90 Å². The van der Waals surface area contributed by atoms with Gasteiger partial charge < -0.3 is 4.55 Å². The van der Waals surface area contributed by atoms with Crippen molar-refractivity contribution in [3.8, 4) is 0 Å². The minimum Gasteiger partial charge on any atom is -0.743 e. The molecule has 0 fully saturated rings. The van der Waals surface area contributed by atoms with Crippen LogP contribution in [0.1, 0.15) is 13.8 Å². The van der Waals surface area contributed by atoms with E-state index in [9.17, 15) is 13.0 Å². The van der Waals surface area contributed by atoms with Crippen molar-refractivity contribution in [2.75, 3.05) is 4.90 Å². The number of anilines is 2. The molecule has 0 unspecified atom stereocenters. The summed E-state index contributed by atoms with van der Waals surface area (Å²) in [6, 6.07) is 14.9. The van der Waals surface area contributed by atoms with Crippen molar-refractivity contribution < 1.29 is 42.5 Å². The molecule has 0 amide bonds. The van der Waals surface area contributed by atoms with Crippen LogP contribution in [0.3, 0.4) is 0 Å². The topological polar surface area (TPSA) is 60.4 Å². The largest absolute Gasteiger partial charge is 1.00 e. The summed E-state index contributed by atoms with van der Waals surface area (Å²) in [4.78, 5) is 3.37. The summed E-state index contributed by atoms with van der Waals surface area (Å²) in [6.45, 7) is 3.42. The van der Waals surface area contributed by atoms with Crippen molar-refractivity contribution in [2.24, 2.45) is 0 Å². The maximum absolute atomic E-state index is 12.1. The quantitative estimate of drug-likeness (QED) is 0.460. The summed E-state index contributed by atoms with van der Waals surface area (Å²) < 4.78 is 36.2. The summed E-state index contributed by atoms with van der Waals surface area (Å²) in [6.07, 6.45) is 3.36. The minimum atomic E-state index is -4.68. The van der Waals surface area contributed by atoms with Gasteiger partial charge in [-0.2, -0.15) is 0 Å². The third-order valence-electron chi connectivity index (χ3n) is 3.63. The molecule has 3 rings (SSSR count). The Bertz CT molecular complexity index is 907. The van der Waals surface area contributed by atoms with E-state index in [4.69, 9.17) is 0 Å². The molecule has 0 saturated heterocycles. The molecule has 2 aromatic carbocycles. The molecule has 2 aromatic rings. The molecule has 0 bridgehead atoms. The van der Waals surface area contributed by atoms with Crippen molar-refractivity contribution in [3.05, 3.63) is 71.3 Å². The molecule has 1 heterocycles. The number of allylic oxidation sites excluding steroid dienone is 3. The molecule has 25 heavy (non-hydrogen) atoms. The molecule has 0 aliphatic carbocycles. The summed E-state index contributed by atoms with van der Waals surface area (Å²) in [5.74, 6) is 0. The average molecular weight is 381 g/mol. The fourth-order valence-electron chi connectivity index (χ4n) is 2.73. The van der Waals surface area contributed by atoms with Crippen LogP contribution in [-0.4, -0.2) is 13.0 Å². The van der Waals surface area contributed by atoms with Gasteiger partial charge in [0, 0.05) is 9.79 Å². The molecule has 124 valence electrons. The van der Waals surface area contributed by atoms with Crippen LogP contribution in [0.25, 0.3) is 0 Å². The van der Waals surface area contributed by atoms with E-state index in [1.54, 1.807) is 42.7 Å². The molecule has 0 atom stereocenters. The second kappa shape index (κ2) is 8.12. The van der Waals surface area contributed by atoms with E-state index in [2.05, 4.69) is 0 Å². The molecule has 7 heteroatoms. The number of nitrogens with zero attached hydrogens (tertiary/aromatic N) is 1. The number of para-hydroxylation sites is 2. The first kappa shape index (κ1) is 20.3. The van der Waals surface area contributed by atoms with Gasteiger partial charge in [0.15, 0.2) is 0 Å². The van der Waals surface area contributed by atoms with E-state index in [-0.39, 0.29) is 34.6 Å². The molecule has 4 nitrogen and oxygen atoms in total. The minimum absolute atomic E-state index is 0. The van der Waals surface area contributed by atoms with Crippen molar-refractivity contribution in [3.63, 3.8) is 0 Å². The van der Waals surface area contributed by atoms with Gasteiger partial charge >= 0.3 is 29.6 Å². The van der Waals surface area contributed by atoms with Gasteiger partial charge in [0.1, 0.15) is 15.1 Å². The number of fused-ring (bicyclic) bond motifs is 2. The second-order valence-corrected chi connectivity index (χ2v) is 7.69. The van der Waals surface area contributed by atoms with Gasteiger partial charge in [0.2, 0.25) is 0 Å². The molecular weight excluding hydrogens is 365 g/mol. The van der Waals surface area contributed by atoms with Gasteiger partial charge in [-0.25, -0.2) is 8.42 Å². The van der Waals surface area contributed by atoms with Crippen LogP contribution >= 0.6 is 11.8 Å². The van der Waals surface area contributed by atoms with E-state index >= 15 is 0 Å². The molecule has 0 N–H and O–H groups in total. The molecular formula is C18H16NNaO3S2. The Kier molecular flexibility index (Phi) is 6.59. The third kappa shape index (κ3) is 4.05. The van der Waals surface area contributed by atoms with Crippen LogP contribution in [0.5, 0.6) is 0 Å². The standard InChI is InChI=1S/C18H17NO3S2.Na/c1-3-8-13(2)18(24(20,21)22)19-14-9-4-6-11-16(14)23-17-12-7-5-10-15(17)19;/h3-12H,1-2H3,(H,20,21,22);/q;+1/p-1/b8-3-,18-13+;. The molecule has 0 radical (unpaired) electrons. The van der Waals surface area contributed by atoms with Crippen LogP contribution in [0.15, 0.2) is 81.1 Å². The number of benzene rings is 2. The molecule has 0 saturated carbocycles. The van der Waals surface area contributed by atoms with Crippen LogP contribution in [0.4, 0.5) is 11.4 Å². The monoisotopic (exact) mass is 381 g/mol. The Hall–Kier alpha value is -1.02. The van der Waals surface area contributed by atoms with Crippen LogP contribution < -0.4 is 34.5 Å².